The number of hydrogen-bond donors (Lipinski definition) is 3. The highest BCUT2D eigenvalue weighted by atomic mass is 35.5. The fourth-order valence-electron chi connectivity index (χ4n) is 7.31. The highest BCUT2D eigenvalue weighted by Crippen LogP contribution is 2.43. The first-order valence-electron chi connectivity index (χ1n) is 16.9. The van der Waals surface area contributed by atoms with Crippen LogP contribution < -0.4 is 20.1 Å². The first kappa shape index (κ1) is 33.8. The second-order valence-electron chi connectivity index (χ2n) is 13.3. The second-order valence-corrected chi connectivity index (χ2v) is 14.0. The van der Waals surface area contributed by atoms with E-state index < -0.39 is 0 Å². The third-order valence-corrected chi connectivity index (χ3v) is 10.8. The molecule has 3 N–H and O–H groups in total. The Kier molecular flexibility index (Phi) is 10.1. The molecule has 49 heavy (non-hydrogen) atoms. The van der Waals surface area contributed by atoms with Gasteiger partial charge in [0.1, 0.15) is 5.75 Å². The van der Waals surface area contributed by atoms with Crippen LogP contribution in [0.2, 0.25) is 10.0 Å². The summed E-state index contributed by atoms with van der Waals surface area (Å²) in [6, 6.07) is 16.0. The molecule has 0 unspecified atom stereocenters. The summed E-state index contributed by atoms with van der Waals surface area (Å²) in [5.74, 6) is 2.01. The normalized spacial score (nSPS) is 20.4. The van der Waals surface area contributed by atoms with Gasteiger partial charge in [-0.1, -0.05) is 47.5 Å². The van der Waals surface area contributed by atoms with E-state index in [0.29, 0.717) is 52.7 Å². The lowest BCUT2D eigenvalue weighted by atomic mass is 9.81. The number of halogens is 2. The number of hydrogen-bond acceptors (Lipinski definition) is 8. The molecule has 7 rings (SSSR count). The maximum atomic E-state index is 11.5. The molecule has 2 fully saturated rings. The number of amides is 1. The smallest absolute Gasteiger partial charge is 0.220 e. The zero-order chi connectivity index (χ0) is 34.1. The molecule has 11 heteroatoms. The number of pyridine rings is 2. The Bertz CT molecular complexity index is 1850. The summed E-state index contributed by atoms with van der Waals surface area (Å²) in [6.45, 7) is 4.03. The number of fused-ring (bicyclic) bond motifs is 1. The van der Waals surface area contributed by atoms with Crippen molar-refractivity contribution in [2.75, 3.05) is 33.9 Å². The van der Waals surface area contributed by atoms with Gasteiger partial charge in [0.25, 0.3) is 0 Å². The second kappa shape index (κ2) is 14.6. The molecular formula is C38H41Cl2N5O4. The number of benzene rings is 2. The first-order chi connectivity index (χ1) is 23.8. The number of aliphatic hydroxyl groups is 1. The van der Waals surface area contributed by atoms with Crippen LogP contribution in [-0.4, -0.2) is 71.9 Å². The van der Waals surface area contributed by atoms with Gasteiger partial charge >= 0.3 is 0 Å². The van der Waals surface area contributed by atoms with Crippen molar-refractivity contribution in [1.29, 1.82) is 0 Å². The van der Waals surface area contributed by atoms with Crippen LogP contribution >= 0.6 is 23.2 Å². The third-order valence-electron chi connectivity index (χ3n) is 9.98. The summed E-state index contributed by atoms with van der Waals surface area (Å²) in [4.78, 5) is 23.5. The Labute approximate surface area is 297 Å². The lowest BCUT2D eigenvalue weighted by Gasteiger charge is -2.38. The number of nitrogens with one attached hydrogen (secondary N) is 2. The summed E-state index contributed by atoms with van der Waals surface area (Å²) >= 11 is 14.3. The van der Waals surface area contributed by atoms with Crippen molar-refractivity contribution < 1.29 is 19.4 Å². The predicted molar refractivity (Wildman–Crippen MR) is 192 cm³/mol. The van der Waals surface area contributed by atoms with Gasteiger partial charge in [-0.25, -0.2) is 4.98 Å². The minimum atomic E-state index is -0.135. The predicted octanol–water partition coefficient (Wildman–Crippen LogP) is 6.30. The summed E-state index contributed by atoms with van der Waals surface area (Å²) in [7, 11) is 3.32. The lowest BCUT2D eigenvalue weighted by molar-refractivity contribution is -0.119. The van der Waals surface area contributed by atoms with Crippen molar-refractivity contribution in [3.8, 4) is 45.3 Å². The number of aromatic nitrogens is 2. The number of rotatable bonds is 11. The molecule has 3 aliphatic rings. The van der Waals surface area contributed by atoms with Gasteiger partial charge in [0.15, 0.2) is 0 Å². The number of aliphatic hydroxyl groups excluding tert-OH is 1. The average molecular weight is 703 g/mol. The number of carbonyl (C=O) groups excluding carboxylic acids is 1. The van der Waals surface area contributed by atoms with E-state index in [4.69, 9.17) is 42.6 Å². The van der Waals surface area contributed by atoms with Crippen molar-refractivity contribution in [3.05, 3.63) is 81.5 Å². The zero-order valence-electron chi connectivity index (χ0n) is 27.8. The number of carbonyl (C=O) groups is 1. The van der Waals surface area contributed by atoms with Gasteiger partial charge in [-0.3, -0.25) is 14.7 Å². The summed E-state index contributed by atoms with van der Waals surface area (Å²) in [6.07, 6.45) is 5.74. The summed E-state index contributed by atoms with van der Waals surface area (Å²) < 4.78 is 11.6. The molecule has 256 valence electrons. The Morgan fingerprint density at radius 2 is 1.84 bits per heavy atom. The van der Waals surface area contributed by atoms with Crippen molar-refractivity contribution in [3.63, 3.8) is 0 Å². The van der Waals surface area contributed by atoms with Crippen LogP contribution in [0.5, 0.6) is 11.6 Å². The highest BCUT2D eigenvalue weighted by molar-refractivity contribution is 6.39. The van der Waals surface area contributed by atoms with E-state index >= 15 is 0 Å². The number of nitrogens with zero attached hydrogens (tertiary/aromatic N) is 3. The fourth-order valence-corrected chi connectivity index (χ4v) is 7.96. The fraction of sp³-hybridized carbons (Fsp3) is 0.395. The Balaban J connectivity index is 1.13. The van der Waals surface area contributed by atoms with Crippen LogP contribution in [0, 0.1) is 5.92 Å². The minimum absolute atomic E-state index is 0.104. The van der Waals surface area contributed by atoms with E-state index in [0.717, 1.165) is 78.9 Å². The number of methoxy groups -OCH3 is 2. The van der Waals surface area contributed by atoms with E-state index in [1.807, 2.05) is 42.5 Å². The van der Waals surface area contributed by atoms with E-state index in [1.165, 1.54) is 11.1 Å². The maximum Gasteiger partial charge on any atom is 0.220 e. The monoisotopic (exact) mass is 701 g/mol. The van der Waals surface area contributed by atoms with Crippen LogP contribution in [0.1, 0.15) is 42.4 Å². The SMILES string of the molecule is COc1cc(-c2nccc(-c3cccc(-c4ccc(CNC[C@H]5CCC(=O)N5)c(OC)n4)c3Cl)c2Cl)cc2c1CN(C[C@H]1C[C@@H](O)C1)CC2. The summed E-state index contributed by atoms with van der Waals surface area (Å²) in [5.41, 5.74) is 7.92. The first-order valence-corrected chi connectivity index (χ1v) is 17.6. The van der Waals surface area contributed by atoms with Crippen LogP contribution in [0.3, 0.4) is 0 Å². The van der Waals surface area contributed by atoms with Crippen molar-refractivity contribution in [1.82, 2.24) is 25.5 Å². The van der Waals surface area contributed by atoms with Gasteiger partial charge < -0.3 is 25.2 Å². The van der Waals surface area contributed by atoms with Gasteiger partial charge in [0, 0.05) is 84.8 Å². The molecule has 4 aromatic rings. The molecule has 1 amide bonds. The molecule has 1 atom stereocenters. The van der Waals surface area contributed by atoms with Crippen molar-refractivity contribution in [2.45, 2.75) is 57.3 Å². The molecule has 4 heterocycles. The van der Waals surface area contributed by atoms with Crippen molar-refractivity contribution >= 4 is 29.1 Å². The molecule has 2 aromatic carbocycles. The van der Waals surface area contributed by atoms with Gasteiger partial charge in [-0.2, -0.15) is 0 Å². The van der Waals surface area contributed by atoms with E-state index in [9.17, 15) is 9.90 Å². The van der Waals surface area contributed by atoms with Gasteiger partial charge in [0.2, 0.25) is 11.8 Å². The van der Waals surface area contributed by atoms with Gasteiger partial charge in [0.05, 0.1) is 41.8 Å². The largest absolute Gasteiger partial charge is 0.496 e. The average Bonchev–Trinajstić information content (AvgIpc) is 3.52. The van der Waals surface area contributed by atoms with Crippen LogP contribution in [0.4, 0.5) is 0 Å². The number of ether oxygens (including phenoxy) is 2. The molecule has 2 aromatic heterocycles. The molecule has 1 saturated carbocycles. The van der Waals surface area contributed by atoms with Crippen LogP contribution in [-0.2, 0) is 24.3 Å². The third kappa shape index (κ3) is 7.14. The van der Waals surface area contributed by atoms with Crippen LogP contribution in [0.15, 0.2) is 54.7 Å². The lowest BCUT2D eigenvalue weighted by Crippen LogP contribution is -2.40. The van der Waals surface area contributed by atoms with Gasteiger partial charge in [-0.05, 0) is 61.4 Å². The van der Waals surface area contributed by atoms with E-state index in [-0.39, 0.29) is 18.1 Å². The minimum Gasteiger partial charge on any atom is -0.496 e. The zero-order valence-corrected chi connectivity index (χ0v) is 29.3. The molecule has 0 spiro atoms. The molecule has 0 radical (unpaired) electrons. The van der Waals surface area contributed by atoms with Gasteiger partial charge in [-0.15, -0.1) is 0 Å². The standard InChI is InChI=1S/C38H41Cl2N5O4/c1-48-33-17-25(16-23-11-13-45(21-31(23)33)20-22-14-27(46)15-22)37-36(40)29(10-12-42-37)28-4-3-5-30(35(28)39)32-8-6-24(38(44-32)49-2)18-41-19-26-7-9-34(47)43-26/h3-6,8,10,12,16-17,22,26-27,41,46H,7,9,11,13-15,18-21H2,1-2H3,(H,43,47)/t22-,26-,27+/m1/s1. The molecular weight excluding hydrogens is 661 g/mol. The Morgan fingerprint density at radius 1 is 1.02 bits per heavy atom. The highest BCUT2D eigenvalue weighted by Gasteiger charge is 2.31. The Morgan fingerprint density at radius 3 is 2.59 bits per heavy atom. The quantitative estimate of drug-likeness (QED) is 0.167. The molecule has 2 aliphatic heterocycles. The topological polar surface area (TPSA) is 109 Å². The maximum absolute atomic E-state index is 11.5. The van der Waals surface area contributed by atoms with Crippen molar-refractivity contribution in [2.24, 2.45) is 5.92 Å². The summed E-state index contributed by atoms with van der Waals surface area (Å²) in [5, 5.41) is 17.1. The van der Waals surface area contributed by atoms with E-state index in [1.54, 1.807) is 20.4 Å². The molecule has 0 bridgehead atoms. The molecule has 9 nitrogen and oxygen atoms in total. The van der Waals surface area contributed by atoms with E-state index in [2.05, 4.69) is 21.6 Å². The molecule has 1 aliphatic carbocycles. The molecule has 1 saturated heterocycles. The Hall–Kier alpha value is -3.73. The van der Waals surface area contributed by atoms with Crippen LogP contribution in [0.25, 0.3) is 33.6 Å².